The van der Waals surface area contributed by atoms with Crippen LogP contribution in [0.5, 0.6) is 0 Å². The zero-order valence-electron chi connectivity index (χ0n) is 21.5. The molecule has 13 heteroatoms. The van der Waals surface area contributed by atoms with Gasteiger partial charge in [-0.25, -0.2) is 27.2 Å². The summed E-state index contributed by atoms with van der Waals surface area (Å²) in [4.78, 5) is 18.9. The number of anilines is 2. The number of piperidine rings is 1. The van der Waals surface area contributed by atoms with Gasteiger partial charge >= 0.3 is 0 Å². The number of halogens is 3. The van der Waals surface area contributed by atoms with E-state index < -0.39 is 26.6 Å². The number of carboxylic acid groups (broad SMARTS) is 1. The number of hydrogen-bond acceptors (Lipinski definition) is 7. The van der Waals surface area contributed by atoms with Crippen molar-refractivity contribution in [2.45, 2.75) is 36.1 Å². The molecule has 1 aliphatic heterocycles. The third-order valence-electron chi connectivity index (χ3n) is 6.71. The number of hydrogen-bond donors (Lipinski definition) is 2. The first-order chi connectivity index (χ1) is 18.5. The number of aromatic nitrogens is 2. The van der Waals surface area contributed by atoms with Crippen molar-refractivity contribution in [1.29, 1.82) is 0 Å². The highest BCUT2D eigenvalue weighted by molar-refractivity contribution is 7.92. The molecule has 0 radical (unpaired) electrons. The maximum absolute atomic E-state index is 15.1. The zero-order valence-corrected chi connectivity index (χ0v) is 23.1. The van der Waals surface area contributed by atoms with Gasteiger partial charge in [-0.1, -0.05) is 23.7 Å². The smallest absolute Gasteiger partial charge is 0.290 e. The van der Waals surface area contributed by atoms with E-state index in [9.17, 15) is 8.42 Å². The predicted octanol–water partition coefficient (Wildman–Crippen LogP) is 4.44. The van der Waals surface area contributed by atoms with E-state index in [4.69, 9.17) is 21.5 Å². The van der Waals surface area contributed by atoms with Crippen LogP contribution in [0.3, 0.4) is 0 Å². The Morgan fingerprint density at radius 1 is 1.21 bits per heavy atom. The minimum Gasteiger partial charge on any atom is -0.483 e. The lowest BCUT2D eigenvalue weighted by atomic mass is 9.82. The van der Waals surface area contributed by atoms with Crippen LogP contribution >= 0.6 is 11.6 Å². The number of carbonyl (C=O) groups is 1. The number of nitrogens with one attached hydrogen (secondary N) is 1. The molecule has 1 atom stereocenters. The fourth-order valence-electron chi connectivity index (χ4n) is 4.72. The average Bonchev–Trinajstić information content (AvgIpc) is 2.88. The molecule has 0 amide bonds. The number of benzene rings is 2. The van der Waals surface area contributed by atoms with E-state index in [2.05, 4.69) is 19.6 Å². The Labute approximate surface area is 231 Å². The molecule has 2 N–H and O–H groups in total. The van der Waals surface area contributed by atoms with Crippen molar-refractivity contribution in [3.8, 4) is 0 Å². The molecule has 1 aliphatic rings. The number of sulfonamides is 1. The molecular formula is C26H30ClF2N5O4S. The van der Waals surface area contributed by atoms with Crippen LogP contribution in [0.15, 0.2) is 59.9 Å². The molecule has 39 heavy (non-hydrogen) atoms. The fraction of sp³-hybridized carbons (Fsp3) is 0.346. The van der Waals surface area contributed by atoms with Crippen molar-refractivity contribution in [2.75, 3.05) is 36.8 Å². The summed E-state index contributed by atoms with van der Waals surface area (Å²) in [7, 11) is -0.507. The molecule has 1 aromatic heterocycles. The number of likely N-dealkylation sites (N-methyl/N-ethyl adjacent to an activating group) is 1. The van der Waals surface area contributed by atoms with Crippen LogP contribution in [0.4, 0.5) is 20.3 Å². The summed E-state index contributed by atoms with van der Waals surface area (Å²) in [5.41, 5.74) is 1.20. The second-order valence-corrected chi connectivity index (χ2v) is 11.4. The normalized spacial score (nSPS) is 17.3. The Morgan fingerprint density at radius 2 is 1.90 bits per heavy atom. The third kappa shape index (κ3) is 7.61. The van der Waals surface area contributed by atoms with Gasteiger partial charge in [0.1, 0.15) is 23.8 Å². The summed E-state index contributed by atoms with van der Waals surface area (Å²) in [5, 5.41) is 7.58. The predicted molar refractivity (Wildman–Crippen MR) is 146 cm³/mol. The second kappa shape index (κ2) is 13.1. The van der Waals surface area contributed by atoms with Crippen LogP contribution in [-0.4, -0.2) is 67.6 Å². The van der Waals surface area contributed by atoms with Crippen LogP contribution in [0.1, 0.15) is 24.8 Å². The minimum atomic E-state index is -4.53. The quantitative estimate of drug-likeness (QED) is 0.375. The lowest BCUT2D eigenvalue weighted by Crippen LogP contribution is -2.56. The fourth-order valence-corrected chi connectivity index (χ4v) is 6.06. The van der Waals surface area contributed by atoms with Gasteiger partial charge in [-0.3, -0.25) is 9.52 Å². The summed E-state index contributed by atoms with van der Waals surface area (Å²) >= 11 is 6.14. The van der Waals surface area contributed by atoms with Gasteiger partial charge in [-0.15, -0.1) is 0 Å². The van der Waals surface area contributed by atoms with E-state index in [1.54, 1.807) is 0 Å². The van der Waals surface area contributed by atoms with Crippen molar-refractivity contribution >= 4 is 39.6 Å². The molecule has 4 rings (SSSR count). The summed E-state index contributed by atoms with van der Waals surface area (Å²) < 4.78 is 57.6. The lowest BCUT2D eigenvalue weighted by molar-refractivity contribution is -0.122. The second-order valence-electron chi connectivity index (χ2n) is 9.32. The van der Waals surface area contributed by atoms with Crippen LogP contribution in [0.25, 0.3) is 0 Å². The Balaban J connectivity index is 0.00000134. The standard InChI is InChI=1S/C25H28ClF2N5O2S.CH2O2/c1-32(2)25(10-7-18-5-3-6-19(26)13-18)9-4-12-33(16-25)20-14-21(27)24(22(28)15-20)36(34,35)31-23-8-11-29-17-30-23;2-1-3/h3,5-6,8,11,13-15,17H,4,7,9-10,12,16H2,1-2H3,(H,29,30,31);1H,(H,2,3)/t25-;/m1./s1. The summed E-state index contributed by atoms with van der Waals surface area (Å²) in [6, 6.07) is 11.2. The average molecular weight is 582 g/mol. The van der Waals surface area contributed by atoms with E-state index >= 15 is 8.78 Å². The van der Waals surface area contributed by atoms with Crippen molar-refractivity contribution in [3.63, 3.8) is 0 Å². The van der Waals surface area contributed by atoms with E-state index in [1.807, 2.05) is 43.3 Å². The van der Waals surface area contributed by atoms with Crippen molar-refractivity contribution in [1.82, 2.24) is 14.9 Å². The number of aryl methyl sites for hydroxylation is 1. The Kier molecular flexibility index (Phi) is 10.2. The van der Waals surface area contributed by atoms with Gasteiger partial charge in [-0.05, 0) is 75.7 Å². The summed E-state index contributed by atoms with van der Waals surface area (Å²) in [5.74, 6) is -2.41. The first-order valence-corrected chi connectivity index (χ1v) is 13.9. The Morgan fingerprint density at radius 3 is 2.49 bits per heavy atom. The maximum Gasteiger partial charge on any atom is 0.290 e. The van der Waals surface area contributed by atoms with Gasteiger partial charge < -0.3 is 14.9 Å². The molecule has 2 aromatic carbocycles. The van der Waals surface area contributed by atoms with E-state index in [-0.39, 0.29) is 17.8 Å². The van der Waals surface area contributed by atoms with Crippen molar-refractivity contribution in [2.24, 2.45) is 0 Å². The van der Waals surface area contributed by atoms with Gasteiger partial charge in [0.15, 0.2) is 4.90 Å². The Hall–Kier alpha value is -3.35. The van der Waals surface area contributed by atoms with Crippen LogP contribution < -0.4 is 9.62 Å². The molecule has 0 spiro atoms. The summed E-state index contributed by atoms with van der Waals surface area (Å²) in [6.45, 7) is 0.904. The van der Waals surface area contributed by atoms with Gasteiger partial charge in [0, 0.05) is 35.5 Å². The van der Waals surface area contributed by atoms with Gasteiger partial charge in [-0.2, -0.15) is 0 Å². The molecule has 0 unspecified atom stereocenters. The highest BCUT2D eigenvalue weighted by atomic mass is 35.5. The Bertz CT molecular complexity index is 1360. The maximum atomic E-state index is 15.1. The molecule has 210 valence electrons. The molecule has 0 bridgehead atoms. The molecular weight excluding hydrogens is 552 g/mol. The molecule has 0 aliphatic carbocycles. The van der Waals surface area contributed by atoms with Crippen LogP contribution in [-0.2, 0) is 21.2 Å². The van der Waals surface area contributed by atoms with Gasteiger partial charge in [0.05, 0.1) is 0 Å². The highest BCUT2D eigenvalue weighted by Gasteiger charge is 2.38. The molecule has 2 heterocycles. The minimum absolute atomic E-state index is 0.0839. The molecule has 0 saturated carbocycles. The van der Waals surface area contributed by atoms with Gasteiger partial charge in [0.25, 0.3) is 16.5 Å². The van der Waals surface area contributed by atoms with Gasteiger partial charge in [0.2, 0.25) is 0 Å². The van der Waals surface area contributed by atoms with Crippen LogP contribution in [0, 0.1) is 11.6 Å². The van der Waals surface area contributed by atoms with Crippen LogP contribution in [0.2, 0.25) is 5.02 Å². The molecule has 3 aromatic rings. The first kappa shape index (κ1) is 30.2. The highest BCUT2D eigenvalue weighted by Crippen LogP contribution is 2.35. The van der Waals surface area contributed by atoms with Crippen molar-refractivity contribution < 1.29 is 27.1 Å². The number of nitrogens with zero attached hydrogens (tertiary/aromatic N) is 4. The van der Waals surface area contributed by atoms with E-state index in [0.29, 0.717) is 23.8 Å². The molecule has 9 nitrogen and oxygen atoms in total. The molecule has 1 saturated heterocycles. The first-order valence-electron chi connectivity index (χ1n) is 12.0. The topological polar surface area (TPSA) is 116 Å². The largest absolute Gasteiger partial charge is 0.483 e. The molecule has 1 fully saturated rings. The summed E-state index contributed by atoms with van der Waals surface area (Å²) in [6.07, 6.45) is 5.84. The van der Waals surface area contributed by atoms with E-state index in [0.717, 1.165) is 49.7 Å². The SMILES string of the molecule is CN(C)[C@@]1(CCc2cccc(Cl)c2)CCCN(c2cc(F)c(S(=O)(=O)Nc3ccncn3)c(F)c2)C1.O=CO. The van der Waals surface area contributed by atoms with Crippen molar-refractivity contribution in [3.05, 3.63) is 77.2 Å². The third-order valence-corrected chi connectivity index (χ3v) is 8.35. The van der Waals surface area contributed by atoms with E-state index in [1.165, 1.54) is 12.3 Å². The number of rotatable bonds is 8. The monoisotopic (exact) mass is 581 g/mol. The lowest BCUT2D eigenvalue weighted by Gasteiger charge is -2.48. The zero-order chi connectivity index (χ0) is 28.6.